The maximum absolute atomic E-state index is 11.8. The van der Waals surface area contributed by atoms with Crippen LogP contribution >= 0.6 is 11.3 Å². The first-order chi connectivity index (χ1) is 10.1. The van der Waals surface area contributed by atoms with Gasteiger partial charge in [-0.3, -0.25) is 9.59 Å². The van der Waals surface area contributed by atoms with Crippen LogP contribution in [0, 0.1) is 0 Å². The molecule has 0 aliphatic heterocycles. The SMILES string of the molecule is CC(=O)Nc1nc(C(=O)NCCOc2ccccc2)cs1. The number of aromatic nitrogens is 1. The van der Waals surface area contributed by atoms with E-state index in [0.29, 0.717) is 18.3 Å². The highest BCUT2D eigenvalue weighted by Crippen LogP contribution is 2.15. The second kappa shape index (κ2) is 7.39. The largest absolute Gasteiger partial charge is 0.492 e. The molecule has 1 heterocycles. The van der Waals surface area contributed by atoms with Crippen molar-refractivity contribution >= 4 is 28.3 Å². The minimum atomic E-state index is -0.292. The maximum atomic E-state index is 11.8. The molecule has 0 aliphatic carbocycles. The van der Waals surface area contributed by atoms with Crippen LogP contribution in [0.1, 0.15) is 17.4 Å². The molecule has 2 N–H and O–H groups in total. The lowest BCUT2D eigenvalue weighted by Crippen LogP contribution is -2.28. The topological polar surface area (TPSA) is 80.3 Å². The molecular weight excluding hydrogens is 290 g/mol. The lowest BCUT2D eigenvalue weighted by Gasteiger charge is -2.06. The second-order valence-corrected chi connectivity index (χ2v) is 4.99. The summed E-state index contributed by atoms with van der Waals surface area (Å²) in [6.45, 7) is 2.14. The molecule has 0 bridgehead atoms. The minimum Gasteiger partial charge on any atom is -0.492 e. The van der Waals surface area contributed by atoms with Crippen LogP contribution in [-0.2, 0) is 4.79 Å². The van der Waals surface area contributed by atoms with Crippen molar-refractivity contribution in [3.8, 4) is 5.75 Å². The quantitative estimate of drug-likeness (QED) is 0.799. The number of carbonyl (C=O) groups is 2. The zero-order valence-electron chi connectivity index (χ0n) is 11.5. The van der Waals surface area contributed by atoms with Gasteiger partial charge in [0.25, 0.3) is 5.91 Å². The number of carbonyl (C=O) groups excluding carboxylic acids is 2. The Bertz CT molecular complexity index is 613. The first-order valence-electron chi connectivity index (χ1n) is 6.34. The van der Waals surface area contributed by atoms with Gasteiger partial charge in [0.2, 0.25) is 5.91 Å². The summed E-state index contributed by atoms with van der Waals surface area (Å²) >= 11 is 1.21. The number of benzene rings is 1. The van der Waals surface area contributed by atoms with Crippen molar-refractivity contribution in [2.24, 2.45) is 0 Å². The average Bonchev–Trinajstić information content (AvgIpc) is 2.92. The van der Waals surface area contributed by atoms with Gasteiger partial charge in [0.15, 0.2) is 5.13 Å². The molecule has 2 aromatic rings. The van der Waals surface area contributed by atoms with Gasteiger partial charge in [-0.1, -0.05) is 18.2 Å². The summed E-state index contributed by atoms with van der Waals surface area (Å²) in [6, 6.07) is 9.37. The van der Waals surface area contributed by atoms with Gasteiger partial charge in [0.05, 0.1) is 6.54 Å². The molecule has 0 unspecified atom stereocenters. The van der Waals surface area contributed by atoms with E-state index in [1.165, 1.54) is 18.3 Å². The Morgan fingerprint density at radius 1 is 1.29 bits per heavy atom. The fourth-order valence-electron chi connectivity index (χ4n) is 1.53. The number of nitrogens with zero attached hydrogens (tertiary/aromatic N) is 1. The molecule has 0 aliphatic rings. The fraction of sp³-hybridized carbons (Fsp3) is 0.214. The number of nitrogens with one attached hydrogen (secondary N) is 2. The molecule has 0 atom stereocenters. The molecule has 0 radical (unpaired) electrons. The molecular formula is C14H15N3O3S. The monoisotopic (exact) mass is 305 g/mol. The van der Waals surface area contributed by atoms with Crippen molar-refractivity contribution in [3.05, 3.63) is 41.4 Å². The van der Waals surface area contributed by atoms with E-state index in [2.05, 4.69) is 15.6 Å². The van der Waals surface area contributed by atoms with E-state index < -0.39 is 0 Å². The Morgan fingerprint density at radius 3 is 2.76 bits per heavy atom. The van der Waals surface area contributed by atoms with Gasteiger partial charge in [-0.2, -0.15) is 0 Å². The summed E-state index contributed by atoms with van der Waals surface area (Å²) in [7, 11) is 0. The minimum absolute atomic E-state index is 0.215. The number of thiazole rings is 1. The molecule has 110 valence electrons. The Labute approximate surface area is 126 Å². The Balaban J connectivity index is 1.74. The van der Waals surface area contributed by atoms with E-state index >= 15 is 0 Å². The van der Waals surface area contributed by atoms with Gasteiger partial charge in [0, 0.05) is 12.3 Å². The highest BCUT2D eigenvalue weighted by atomic mass is 32.1. The van der Waals surface area contributed by atoms with Crippen LogP contribution in [0.25, 0.3) is 0 Å². The summed E-state index contributed by atoms with van der Waals surface area (Å²) < 4.78 is 5.46. The molecule has 2 rings (SSSR count). The second-order valence-electron chi connectivity index (χ2n) is 4.14. The third-order valence-corrected chi connectivity index (χ3v) is 3.18. The first kappa shape index (κ1) is 15.0. The van der Waals surface area contributed by atoms with E-state index in [0.717, 1.165) is 5.75 Å². The lowest BCUT2D eigenvalue weighted by molar-refractivity contribution is -0.114. The summed E-state index contributed by atoms with van der Waals surface area (Å²) in [5.74, 6) is 0.250. The first-order valence-corrected chi connectivity index (χ1v) is 7.22. The van der Waals surface area contributed by atoms with E-state index in [1.807, 2.05) is 30.3 Å². The number of hydrogen-bond donors (Lipinski definition) is 2. The van der Waals surface area contributed by atoms with Crippen molar-refractivity contribution in [2.45, 2.75) is 6.92 Å². The van der Waals surface area contributed by atoms with Crippen molar-refractivity contribution in [1.29, 1.82) is 0 Å². The Hall–Kier alpha value is -2.41. The number of hydrogen-bond acceptors (Lipinski definition) is 5. The molecule has 7 heteroatoms. The summed E-state index contributed by atoms with van der Waals surface area (Å²) in [6.07, 6.45) is 0. The number of ether oxygens (including phenoxy) is 1. The van der Waals surface area contributed by atoms with Gasteiger partial charge < -0.3 is 15.4 Å². The van der Waals surface area contributed by atoms with Crippen molar-refractivity contribution < 1.29 is 14.3 Å². The van der Waals surface area contributed by atoms with Crippen LogP contribution in [-0.4, -0.2) is 29.9 Å². The molecule has 0 saturated carbocycles. The molecule has 1 aromatic carbocycles. The fourth-order valence-corrected chi connectivity index (χ4v) is 2.26. The molecule has 21 heavy (non-hydrogen) atoms. The molecule has 6 nitrogen and oxygen atoms in total. The number of amides is 2. The van der Waals surface area contributed by atoms with Crippen LogP contribution in [0.2, 0.25) is 0 Å². The third kappa shape index (κ3) is 4.88. The van der Waals surface area contributed by atoms with Crippen LogP contribution in [0.15, 0.2) is 35.7 Å². The van der Waals surface area contributed by atoms with Gasteiger partial charge in [-0.05, 0) is 12.1 Å². The smallest absolute Gasteiger partial charge is 0.270 e. The molecule has 0 saturated heterocycles. The Kier molecular flexibility index (Phi) is 5.28. The average molecular weight is 305 g/mol. The Morgan fingerprint density at radius 2 is 2.05 bits per heavy atom. The van der Waals surface area contributed by atoms with Gasteiger partial charge in [0.1, 0.15) is 18.1 Å². The normalized spacial score (nSPS) is 9.95. The molecule has 0 spiro atoms. The van der Waals surface area contributed by atoms with E-state index in [1.54, 1.807) is 5.38 Å². The molecule has 0 fully saturated rings. The zero-order valence-corrected chi connectivity index (χ0v) is 12.3. The van der Waals surface area contributed by atoms with Crippen molar-refractivity contribution in [1.82, 2.24) is 10.3 Å². The van der Waals surface area contributed by atoms with Crippen molar-refractivity contribution in [2.75, 3.05) is 18.5 Å². The highest BCUT2D eigenvalue weighted by Gasteiger charge is 2.10. The predicted molar refractivity (Wildman–Crippen MR) is 80.7 cm³/mol. The lowest BCUT2D eigenvalue weighted by atomic mass is 10.3. The van der Waals surface area contributed by atoms with Crippen LogP contribution in [0.4, 0.5) is 5.13 Å². The predicted octanol–water partition coefficient (Wildman–Crippen LogP) is 1.91. The van der Waals surface area contributed by atoms with E-state index in [9.17, 15) is 9.59 Å². The number of anilines is 1. The number of rotatable bonds is 6. The molecule has 1 aromatic heterocycles. The van der Waals surface area contributed by atoms with Crippen LogP contribution < -0.4 is 15.4 Å². The summed E-state index contributed by atoms with van der Waals surface area (Å²) in [5.41, 5.74) is 0.281. The van der Waals surface area contributed by atoms with Gasteiger partial charge in [-0.25, -0.2) is 4.98 Å². The van der Waals surface area contributed by atoms with Gasteiger partial charge >= 0.3 is 0 Å². The zero-order chi connectivity index (χ0) is 15.1. The summed E-state index contributed by atoms with van der Waals surface area (Å²) in [4.78, 5) is 26.7. The standard InChI is InChI=1S/C14H15N3O3S/c1-10(18)16-14-17-12(9-21-14)13(19)15-7-8-20-11-5-3-2-4-6-11/h2-6,9H,7-8H2,1H3,(H,15,19)(H,16,17,18). The summed E-state index contributed by atoms with van der Waals surface area (Å²) in [5, 5.41) is 7.24. The van der Waals surface area contributed by atoms with Gasteiger partial charge in [-0.15, -0.1) is 11.3 Å². The number of para-hydroxylation sites is 1. The van der Waals surface area contributed by atoms with Crippen molar-refractivity contribution in [3.63, 3.8) is 0 Å². The van der Waals surface area contributed by atoms with Crippen LogP contribution in [0.5, 0.6) is 5.75 Å². The van der Waals surface area contributed by atoms with Crippen LogP contribution in [0.3, 0.4) is 0 Å². The highest BCUT2D eigenvalue weighted by molar-refractivity contribution is 7.14. The van der Waals surface area contributed by atoms with E-state index in [4.69, 9.17) is 4.74 Å². The van der Waals surface area contributed by atoms with E-state index in [-0.39, 0.29) is 17.5 Å². The maximum Gasteiger partial charge on any atom is 0.270 e. The third-order valence-electron chi connectivity index (χ3n) is 2.42. The molecule has 2 amide bonds.